The van der Waals surface area contributed by atoms with Gasteiger partial charge >= 0.3 is 0 Å². The first-order valence-corrected chi connectivity index (χ1v) is 7.01. The molecule has 0 radical (unpaired) electrons. The maximum absolute atomic E-state index is 12.6. The highest BCUT2D eigenvalue weighted by Gasteiger charge is 2.26. The van der Waals surface area contributed by atoms with Gasteiger partial charge in [-0.2, -0.15) is 5.10 Å². The minimum absolute atomic E-state index is 0.0255. The molecule has 1 atom stereocenters. The van der Waals surface area contributed by atoms with Crippen LogP contribution >= 0.6 is 0 Å². The number of nitrogens with zero attached hydrogens (tertiary/aromatic N) is 3. The Morgan fingerprint density at radius 2 is 2.29 bits per heavy atom. The Bertz CT molecular complexity index is 605. The van der Waals surface area contributed by atoms with Gasteiger partial charge in [-0.1, -0.05) is 0 Å². The largest absolute Gasteiger partial charge is 0.381 e. The van der Waals surface area contributed by atoms with Crippen molar-refractivity contribution in [1.29, 1.82) is 0 Å². The monoisotopic (exact) mass is 286 g/mol. The number of rotatable bonds is 4. The molecule has 3 heterocycles. The second-order valence-electron chi connectivity index (χ2n) is 5.27. The molecule has 6 nitrogen and oxygen atoms in total. The lowest BCUT2D eigenvalue weighted by atomic mass is 10.0. The van der Waals surface area contributed by atoms with E-state index in [-0.39, 0.29) is 11.8 Å². The molecular weight excluding hydrogens is 268 g/mol. The van der Waals surface area contributed by atoms with Crippen molar-refractivity contribution in [3.05, 3.63) is 47.5 Å². The molecule has 0 spiro atoms. The van der Waals surface area contributed by atoms with Crippen LogP contribution < -0.4 is 0 Å². The summed E-state index contributed by atoms with van der Waals surface area (Å²) in [4.78, 5) is 18.3. The number of aromatic amines is 1. The number of H-pyrrole nitrogens is 1. The summed E-state index contributed by atoms with van der Waals surface area (Å²) in [7, 11) is 1.80. The van der Waals surface area contributed by atoms with E-state index in [1.165, 1.54) is 0 Å². The zero-order valence-electron chi connectivity index (χ0n) is 12.0. The number of nitrogens with one attached hydrogen (secondary N) is 1. The highest BCUT2D eigenvalue weighted by Crippen LogP contribution is 2.26. The van der Waals surface area contributed by atoms with Gasteiger partial charge in [0.15, 0.2) is 0 Å². The Labute approximate surface area is 123 Å². The predicted molar refractivity (Wildman–Crippen MR) is 76.8 cm³/mol. The van der Waals surface area contributed by atoms with E-state index >= 15 is 0 Å². The highest BCUT2D eigenvalue weighted by molar-refractivity contribution is 5.95. The Morgan fingerprint density at radius 3 is 3.00 bits per heavy atom. The van der Waals surface area contributed by atoms with Crippen LogP contribution in [0.1, 0.15) is 34.0 Å². The molecule has 0 bridgehead atoms. The number of carbonyl (C=O) groups excluding carboxylic acids is 1. The first-order valence-electron chi connectivity index (χ1n) is 7.01. The van der Waals surface area contributed by atoms with Crippen LogP contribution in [0.25, 0.3) is 0 Å². The van der Waals surface area contributed by atoms with Crippen LogP contribution in [0, 0.1) is 0 Å². The molecule has 2 aromatic heterocycles. The van der Waals surface area contributed by atoms with Crippen molar-refractivity contribution in [1.82, 2.24) is 20.1 Å². The molecule has 0 aromatic carbocycles. The van der Waals surface area contributed by atoms with E-state index in [0.29, 0.717) is 18.7 Å². The second-order valence-corrected chi connectivity index (χ2v) is 5.27. The molecule has 0 unspecified atom stereocenters. The lowest BCUT2D eigenvalue weighted by Gasteiger charge is -2.18. The summed E-state index contributed by atoms with van der Waals surface area (Å²) in [6, 6.07) is 3.82. The SMILES string of the molecule is CN(Cc1ccncc1)C(=O)c1cn[nH]c1[C@H]1CCOC1. The third kappa shape index (κ3) is 2.95. The van der Waals surface area contributed by atoms with E-state index in [4.69, 9.17) is 4.74 Å². The van der Waals surface area contributed by atoms with Gasteiger partial charge in [0.2, 0.25) is 0 Å². The third-order valence-electron chi connectivity index (χ3n) is 3.75. The van der Waals surface area contributed by atoms with Crippen LogP contribution in [0.15, 0.2) is 30.7 Å². The predicted octanol–water partition coefficient (Wildman–Crippen LogP) is 1.58. The number of amides is 1. The first kappa shape index (κ1) is 13.8. The summed E-state index contributed by atoms with van der Waals surface area (Å²) in [6.45, 7) is 1.94. The normalized spacial score (nSPS) is 17.9. The van der Waals surface area contributed by atoms with Crippen LogP contribution in [0.4, 0.5) is 0 Å². The molecule has 1 aliphatic heterocycles. The van der Waals surface area contributed by atoms with Gasteiger partial charge in [0.25, 0.3) is 5.91 Å². The molecule has 110 valence electrons. The zero-order valence-corrected chi connectivity index (χ0v) is 12.0. The Kier molecular flexibility index (Phi) is 3.96. The maximum Gasteiger partial charge on any atom is 0.257 e. The van der Waals surface area contributed by atoms with Crippen LogP contribution in [-0.2, 0) is 11.3 Å². The average molecular weight is 286 g/mol. The molecule has 3 rings (SSSR count). The molecule has 0 aliphatic carbocycles. The van der Waals surface area contributed by atoms with Gasteiger partial charge in [-0.25, -0.2) is 0 Å². The van der Waals surface area contributed by atoms with E-state index in [0.717, 1.165) is 24.3 Å². The summed E-state index contributed by atoms with van der Waals surface area (Å²) in [5.74, 6) is 0.211. The molecular formula is C15H18N4O2. The van der Waals surface area contributed by atoms with Gasteiger partial charge in [-0.3, -0.25) is 14.9 Å². The van der Waals surface area contributed by atoms with Crippen LogP contribution in [0.2, 0.25) is 0 Å². The van der Waals surface area contributed by atoms with Crippen molar-refractivity contribution in [3.63, 3.8) is 0 Å². The molecule has 1 amide bonds. The molecule has 1 N–H and O–H groups in total. The van der Waals surface area contributed by atoms with Crippen LogP contribution in [0.5, 0.6) is 0 Å². The number of hydrogen-bond acceptors (Lipinski definition) is 4. The fourth-order valence-corrected chi connectivity index (χ4v) is 2.58. The van der Waals surface area contributed by atoms with E-state index in [9.17, 15) is 4.79 Å². The number of hydrogen-bond donors (Lipinski definition) is 1. The number of aromatic nitrogens is 3. The van der Waals surface area contributed by atoms with Crippen molar-refractivity contribution in [3.8, 4) is 0 Å². The van der Waals surface area contributed by atoms with E-state index in [1.807, 2.05) is 12.1 Å². The Morgan fingerprint density at radius 1 is 1.48 bits per heavy atom. The van der Waals surface area contributed by atoms with E-state index < -0.39 is 0 Å². The molecule has 6 heteroatoms. The molecule has 21 heavy (non-hydrogen) atoms. The fraction of sp³-hybridized carbons (Fsp3) is 0.400. The quantitative estimate of drug-likeness (QED) is 0.926. The molecule has 2 aromatic rings. The summed E-state index contributed by atoms with van der Waals surface area (Å²) in [5.41, 5.74) is 2.58. The number of ether oxygens (including phenoxy) is 1. The highest BCUT2D eigenvalue weighted by atomic mass is 16.5. The van der Waals surface area contributed by atoms with Gasteiger partial charge in [-0.05, 0) is 24.1 Å². The van der Waals surface area contributed by atoms with Gasteiger partial charge in [0.1, 0.15) is 0 Å². The fourth-order valence-electron chi connectivity index (χ4n) is 2.58. The van der Waals surface area contributed by atoms with Crippen LogP contribution in [0.3, 0.4) is 0 Å². The van der Waals surface area contributed by atoms with Crippen molar-refractivity contribution >= 4 is 5.91 Å². The number of carbonyl (C=O) groups is 1. The maximum atomic E-state index is 12.6. The summed E-state index contributed by atoms with van der Waals surface area (Å²) >= 11 is 0. The van der Waals surface area contributed by atoms with E-state index in [2.05, 4.69) is 15.2 Å². The topological polar surface area (TPSA) is 71.1 Å². The molecule has 1 saturated heterocycles. The minimum atomic E-state index is -0.0255. The second kappa shape index (κ2) is 6.05. The molecule has 1 aliphatic rings. The number of pyridine rings is 1. The van der Waals surface area contributed by atoms with Gasteiger partial charge in [0.05, 0.1) is 24.1 Å². The average Bonchev–Trinajstić information content (AvgIpc) is 3.18. The van der Waals surface area contributed by atoms with Crippen molar-refractivity contribution in [2.75, 3.05) is 20.3 Å². The summed E-state index contributed by atoms with van der Waals surface area (Å²) in [6.07, 6.45) is 6.00. The zero-order chi connectivity index (χ0) is 14.7. The lowest BCUT2D eigenvalue weighted by molar-refractivity contribution is 0.0783. The lowest BCUT2D eigenvalue weighted by Crippen LogP contribution is -2.27. The molecule has 0 saturated carbocycles. The minimum Gasteiger partial charge on any atom is -0.381 e. The standard InChI is InChI=1S/C15H18N4O2/c1-19(9-11-2-5-16-6-3-11)15(20)13-8-17-18-14(13)12-4-7-21-10-12/h2-3,5-6,8,12H,4,7,9-10H2,1H3,(H,17,18)/t12-/m0/s1. The van der Waals surface area contributed by atoms with Crippen molar-refractivity contribution < 1.29 is 9.53 Å². The first-order chi connectivity index (χ1) is 10.3. The summed E-state index contributed by atoms with van der Waals surface area (Å²) < 4.78 is 5.39. The summed E-state index contributed by atoms with van der Waals surface area (Å²) in [5, 5.41) is 7.00. The smallest absolute Gasteiger partial charge is 0.257 e. The van der Waals surface area contributed by atoms with Crippen molar-refractivity contribution in [2.24, 2.45) is 0 Å². The van der Waals surface area contributed by atoms with Crippen LogP contribution in [-0.4, -0.2) is 46.2 Å². The van der Waals surface area contributed by atoms with Crippen molar-refractivity contribution in [2.45, 2.75) is 18.9 Å². The Balaban J connectivity index is 1.74. The molecule has 1 fully saturated rings. The van der Waals surface area contributed by atoms with Gasteiger partial charge in [-0.15, -0.1) is 0 Å². The third-order valence-corrected chi connectivity index (χ3v) is 3.75. The Hall–Kier alpha value is -2.21. The van der Waals surface area contributed by atoms with Gasteiger partial charge in [0, 0.05) is 38.5 Å². The van der Waals surface area contributed by atoms with E-state index in [1.54, 1.807) is 30.5 Å². The van der Waals surface area contributed by atoms with Gasteiger partial charge < -0.3 is 9.64 Å².